The predicted octanol–water partition coefficient (Wildman–Crippen LogP) is -2.09. The summed E-state index contributed by atoms with van der Waals surface area (Å²) in [7, 11) is -4.80. The van der Waals surface area contributed by atoms with Gasteiger partial charge >= 0.3 is 16.4 Å². The summed E-state index contributed by atoms with van der Waals surface area (Å²) in [5, 5.41) is 5.09. The van der Waals surface area contributed by atoms with E-state index >= 15 is 0 Å². The summed E-state index contributed by atoms with van der Waals surface area (Å²) in [6.07, 6.45) is 0.760. The minimum absolute atomic E-state index is 0.000601. The third-order valence-electron chi connectivity index (χ3n) is 5.40. The quantitative estimate of drug-likeness (QED) is 0.224. The molecule has 4 atom stereocenters. The predicted molar refractivity (Wildman–Crippen MR) is 78.1 cm³/mol. The SMILES string of the molecule is NN(C(=O)[C@@H]1CC[C@@H]2CN1C(=O)N2OS(=O)(=O)O)C1C2CNCC21. The lowest BCUT2D eigenvalue weighted by molar-refractivity contribution is -0.138. The van der Waals surface area contributed by atoms with Gasteiger partial charge in [-0.3, -0.25) is 14.4 Å². The van der Waals surface area contributed by atoms with E-state index in [9.17, 15) is 18.0 Å². The number of hydrogen-bond acceptors (Lipinski definition) is 7. The zero-order valence-electron chi connectivity index (χ0n) is 12.7. The normalized spacial score (nSPS) is 37.6. The smallest absolute Gasteiger partial charge is 0.316 e. The van der Waals surface area contributed by atoms with Gasteiger partial charge in [0.1, 0.15) is 6.04 Å². The molecule has 3 heterocycles. The van der Waals surface area contributed by atoms with Gasteiger partial charge in [0.25, 0.3) is 5.91 Å². The van der Waals surface area contributed by atoms with Crippen LogP contribution in [0.2, 0.25) is 0 Å². The molecule has 0 radical (unpaired) electrons. The summed E-state index contributed by atoms with van der Waals surface area (Å²) in [5.41, 5.74) is 0. The summed E-state index contributed by atoms with van der Waals surface area (Å²) in [6.45, 7) is 1.83. The number of nitrogens with one attached hydrogen (secondary N) is 1. The molecule has 24 heavy (non-hydrogen) atoms. The number of piperidine rings is 2. The van der Waals surface area contributed by atoms with Crippen LogP contribution in [0.5, 0.6) is 0 Å². The fourth-order valence-electron chi connectivity index (χ4n) is 4.21. The van der Waals surface area contributed by atoms with Gasteiger partial charge in [-0.05, 0) is 24.7 Å². The maximum Gasteiger partial charge on any atom is 0.418 e. The van der Waals surface area contributed by atoms with Crippen molar-refractivity contribution in [1.29, 1.82) is 0 Å². The maximum atomic E-state index is 12.7. The van der Waals surface area contributed by atoms with E-state index in [4.69, 9.17) is 10.4 Å². The van der Waals surface area contributed by atoms with E-state index in [1.54, 1.807) is 0 Å². The minimum Gasteiger partial charge on any atom is -0.316 e. The Bertz CT molecular complexity index is 675. The Morgan fingerprint density at radius 1 is 1.33 bits per heavy atom. The Morgan fingerprint density at radius 2 is 2.00 bits per heavy atom. The highest BCUT2D eigenvalue weighted by Crippen LogP contribution is 2.45. The topological polar surface area (TPSA) is 146 Å². The molecule has 3 saturated heterocycles. The van der Waals surface area contributed by atoms with Gasteiger partial charge in [-0.1, -0.05) is 0 Å². The van der Waals surface area contributed by atoms with Crippen molar-refractivity contribution < 1.29 is 26.8 Å². The summed E-state index contributed by atoms with van der Waals surface area (Å²) in [4.78, 5) is 26.3. The number of carbonyl (C=O) groups is 2. The average Bonchev–Trinajstić information content (AvgIpc) is 2.89. The van der Waals surface area contributed by atoms with Crippen molar-refractivity contribution in [2.75, 3.05) is 19.6 Å². The van der Waals surface area contributed by atoms with Gasteiger partial charge in [-0.25, -0.2) is 10.6 Å². The summed E-state index contributed by atoms with van der Waals surface area (Å²) >= 11 is 0. The molecular formula is C12H19N5O6S. The van der Waals surface area contributed by atoms with Crippen LogP contribution in [0.15, 0.2) is 0 Å². The fourth-order valence-corrected chi connectivity index (χ4v) is 4.59. The molecule has 4 rings (SSSR count). The van der Waals surface area contributed by atoms with Crippen LogP contribution in [0.1, 0.15) is 12.8 Å². The summed E-state index contributed by atoms with van der Waals surface area (Å²) < 4.78 is 34.9. The molecular weight excluding hydrogens is 342 g/mol. The van der Waals surface area contributed by atoms with Crippen molar-refractivity contribution in [2.24, 2.45) is 17.7 Å². The molecule has 3 aliphatic heterocycles. The van der Waals surface area contributed by atoms with E-state index in [1.165, 1.54) is 9.91 Å². The van der Waals surface area contributed by atoms with Crippen molar-refractivity contribution in [2.45, 2.75) is 31.0 Å². The average molecular weight is 361 g/mol. The first-order chi connectivity index (χ1) is 11.3. The third kappa shape index (κ3) is 2.45. The molecule has 12 heteroatoms. The van der Waals surface area contributed by atoms with E-state index in [-0.39, 0.29) is 18.5 Å². The zero-order chi connectivity index (χ0) is 17.2. The number of carbonyl (C=O) groups excluding carboxylic acids is 2. The molecule has 4 N–H and O–H groups in total. The number of hydroxylamine groups is 2. The lowest BCUT2D eigenvalue weighted by atomic mass is 10.00. The van der Waals surface area contributed by atoms with Crippen molar-refractivity contribution in [1.82, 2.24) is 20.3 Å². The van der Waals surface area contributed by atoms with E-state index in [2.05, 4.69) is 9.60 Å². The Labute approximate surface area is 138 Å². The lowest BCUT2D eigenvalue weighted by Gasteiger charge is -2.32. The number of hydrogen-bond donors (Lipinski definition) is 3. The number of rotatable bonds is 4. The minimum atomic E-state index is -4.80. The number of nitrogens with two attached hydrogens (primary N) is 1. The van der Waals surface area contributed by atoms with Crippen LogP contribution >= 0.6 is 0 Å². The molecule has 0 aromatic heterocycles. The number of hydrazine groups is 1. The van der Waals surface area contributed by atoms with Crippen LogP contribution in [-0.2, 0) is 19.5 Å². The van der Waals surface area contributed by atoms with Gasteiger partial charge in [0.15, 0.2) is 0 Å². The molecule has 0 spiro atoms. The van der Waals surface area contributed by atoms with E-state index in [1.807, 2.05) is 0 Å². The number of urea groups is 1. The van der Waals surface area contributed by atoms with Gasteiger partial charge < -0.3 is 10.2 Å². The Kier molecular flexibility index (Phi) is 3.51. The first-order valence-corrected chi connectivity index (χ1v) is 9.20. The first-order valence-electron chi connectivity index (χ1n) is 7.83. The van der Waals surface area contributed by atoms with Crippen molar-refractivity contribution in [3.63, 3.8) is 0 Å². The second-order valence-electron chi connectivity index (χ2n) is 6.73. The molecule has 3 amide bonds. The molecule has 4 fully saturated rings. The Hall–Kier alpha value is -1.47. The maximum absolute atomic E-state index is 12.7. The van der Waals surface area contributed by atoms with Crippen LogP contribution in [-0.4, -0.2) is 77.6 Å². The van der Waals surface area contributed by atoms with Gasteiger partial charge in [-0.2, -0.15) is 13.5 Å². The molecule has 11 nitrogen and oxygen atoms in total. The van der Waals surface area contributed by atoms with Crippen molar-refractivity contribution in [3.8, 4) is 0 Å². The second kappa shape index (κ2) is 5.26. The van der Waals surface area contributed by atoms with Crippen molar-refractivity contribution in [3.05, 3.63) is 0 Å². The molecule has 1 aliphatic carbocycles. The van der Waals surface area contributed by atoms with E-state index in [0.29, 0.717) is 29.7 Å². The molecule has 134 valence electrons. The van der Waals surface area contributed by atoms with Crippen LogP contribution in [0.3, 0.4) is 0 Å². The van der Waals surface area contributed by atoms with Crippen LogP contribution < -0.4 is 11.2 Å². The van der Waals surface area contributed by atoms with Gasteiger partial charge in [-0.15, -0.1) is 4.28 Å². The van der Waals surface area contributed by atoms with Gasteiger partial charge in [0.2, 0.25) is 0 Å². The zero-order valence-corrected chi connectivity index (χ0v) is 13.6. The summed E-state index contributed by atoms with van der Waals surface area (Å²) in [6, 6.07) is -2.00. The van der Waals surface area contributed by atoms with Crippen LogP contribution in [0.4, 0.5) is 4.79 Å². The van der Waals surface area contributed by atoms with E-state index in [0.717, 1.165) is 13.1 Å². The standard InChI is InChI=1S/C12H19N5O6S/c13-16(10-7-3-14-4-8(7)10)11(18)9-2-1-6-5-15(9)12(19)17(6)23-24(20,21)22/h6-10,14H,1-5,13H2,(H,20,21,22)/t6-,7?,8?,9+,10?/m1/s1. The second-order valence-corrected chi connectivity index (χ2v) is 7.74. The first kappa shape index (κ1) is 16.0. The largest absolute Gasteiger partial charge is 0.418 e. The molecule has 2 bridgehead atoms. The van der Waals surface area contributed by atoms with E-state index < -0.39 is 28.5 Å². The highest BCUT2D eigenvalue weighted by molar-refractivity contribution is 7.80. The molecule has 0 aromatic carbocycles. The van der Waals surface area contributed by atoms with Gasteiger partial charge in [0, 0.05) is 19.6 Å². The molecule has 1 saturated carbocycles. The van der Waals surface area contributed by atoms with Crippen LogP contribution in [0.25, 0.3) is 0 Å². The highest BCUT2D eigenvalue weighted by Gasteiger charge is 2.58. The number of fused-ring (bicyclic) bond motifs is 3. The molecule has 2 unspecified atom stereocenters. The monoisotopic (exact) mass is 361 g/mol. The fraction of sp³-hybridized carbons (Fsp3) is 0.833. The van der Waals surface area contributed by atoms with Crippen LogP contribution in [0, 0.1) is 11.8 Å². The number of amides is 3. The lowest BCUT2D eigenvalue weighted by Crippen LogP contribution is -2.55. The third-order valence-corrected chi connectivity index (χ3v) is 5.75. The molecule has 4 aliphatic rings. The van der Waals surface area contributed by atoms with Gasteiger partial charge in [0.05, 0.1) is 12.1 Å². The Morgan fingerprint density at radius 3 is 2.62 bits per heavy atom. The number of nitrogens with zero attached hydrogens (tertiary/aromatic N) is 3. The Balaban J connectivity index is 1.46. The highest BCUT2D eigenvalue weighted by atomic mass is 32.3. The molecule has 0 aromatic rings. The van der Waals surface area contributed by atoms with Crippen molar-refractivity contribution >= 4 is 22.3 Å². The summed E-state index contributed by atoms with van der Waals surface area (Å²) in [5.74, 6) is 6.38.